The standard InChI is InChI=1S/C20H17F4NO/c1-2-26-17-11-7-15(8-12-17)4-3-14-5-9-16(10-6-14)18-13-19(21,22)20(23,24)25-18/h5-12,18,25H,2,13H2,1H3. The van der Waals surface area contributed by atoms with Gasteiger partial charge in [-0.2, -0.15) is 17.6 Å². The van der Waals surface area contributed by atoms with E-state index in [1.54, 1.807) is 17.4 Å². The van der Waals surface area contributed by atoms with Crippen molar-refractivity contribution in [3.8, 4) is 17.6 Å². The van der Waals surface area contributed by atoms with Gasteiger partial charge in [0.15, 0.2) is 0 Å². The minimum atomic E-state index is -4.19. The third-order valence-electron chi connectivity index (χ3n) is 4.10. The molecule has 1 aliphatic heterocycles. The highest BCUT2D eigenvalue weighted by molar-refractivity contribution is 5.45. The lowest BCUT2D eigenvalue weighted by molar-refractivity contribution is -0.197. The van der Waals surface area contributed by atoms with Crippen molar-refractivity contribution in [3.05, 3.63) is 65.2 Å². The molecule has 6 heteroatoms. The topological polar surface area (TPSA) is 21.3 Å². The van der Waals surface area contributed by atoms with E-state index in [9.17, 15) is 17.6 Å². The Morgan fingerprint density at radius 1 is 0.962 bits per heavy atom. The molecule has 1 unspecified atom stereocenters. The van der Waals surface area contributed by atoms with Crippen molar-refractivity contribution in [1.82, 2.24) is 5.32 Å². The molecule has 2 aromatic carbocycles. The van der Waals surface area contributed by atoms with Gasteiger partial charge in [0, 0.05) is 23.6 Å². The number of alkyl halides is 4. The summed E-state index contributed by atoms with van der Waals surface area (Å²) in [5.41, 5.74) is 1.85. The Morgan fingerprint density at radius 3 is 1.96 bits per heavy atom. The maximum absolute atomic E-state index is 13.3. The van der Waals surface area contributed by atoms with E-state index < -0.39 is 24.4 Å². The summed E-state index contributed by atoms with van der Waals surface area (Å²) >= 11 is 0. The summed E-state index contributed by atoms with van der Waals surface area (Å²) in [4.78, 5) is 0. The molecule has 136 valence electrons. The highest BCUT2D eigenvalue weighted by Crippen LogP contribution is 2.46. The van der Waals surface area contributed by atoms with Crippen LogP contribution < -0.4 is 10.1 Å². The third-order valence-corrected chi connectivity index (χ3v) is 4.10. The first kappa shape index (κ1) is 18.3. The van der Waals surface area contributed by atoms with Crippen LogP contribution in [0.5, 0.6) is 5.75 Å². The highest BCUT2D eigenvalue weighted by atomic mass is 19.3. The lowest BCUT2D eigenvalue weighted by Gasteiger charge is -2.16. The molecule has 0 bridgehead atoms. The Hall–Kier alpha value is -2.52. The Morgan fingerprint density at radius 2 is 1.50 bits per heavy atom. The van der Waals surface area contributed by atoms with Crippen molar-refractivity contribution in [1.29, 1.82) is 0 Å². The van der Waals surface area contributed by atoms with Gasteiger partial charge in [0.1, 0.15) is 5.75 Å². The minimum absolute atomic E-state index is 0.383. The number of nitrogens with one attached hydrogen (secondary N) is 1. The largest absolute Gasteiger partial charge is 0.494 e. The number of ether oxygens (including phenoxy) is 1. The molecule has 3 rings (SSSR count). The molecular weight excluding hydrogens is 346 g/mol. The van der Waals surface area contributed by atoms with Gasteiger partial charge < -0.3 is 4.74 Å². The zero-order chi connectivity index (χ0) is 18.8. The fourth-order valence-electron chi connectivity index (χ4n) is 2.71. The Labute approximate surface area is 149 Å². The summed E-state index contributed by atoms with van der Waals surface area (Å²) in [7, 11) is 0. The van der Waals surface area contributed by atoms with Gasteiger partial charge in [0.2, 0.25) is 0 Å². The van der Waals surface area contributed by atoms with E-state index in [4.69, 9.17) is 4.74 Å². The molecule has 1 N–H and O–H groups in total. The van der Waals surface area contributed by atoms with E-state index in [-0.39, 0.29) is 0 Å². The minimum Gasteiger partial charge on any atom is -0.494 e. The van der Waals surface area contributed by atoms with Crippen molar-refractivity contribution >= 4 is 0 Å². The molecule has 0 radical (unpaired) electrons. The number of benzene rings is 2. The van der Waals surface area contributed by atoms with Crippen LogP contribution in [-0.4, -0.2) is 18.6 Å². The fraction of sp³-hybridized carbons (Fsp3) is 0.300. The zero-order valence-corrected chi connectivity index (χ0v) is 14.0. The second-order valence-corrected chi connectivity index (χ2v) is 6.01. The van der Waals surface area contributed by atoms with Crippen molar-refractivity contribution < 1.29 is 22.3 Å². The summed E-state index contributed by atoms with van der Waals surface area (Å²) in [6.45, 7) is 2.49. The second-order valence-electron chi connectivity index (χ2n) is 6.01. The number of hydrogen-bond donors (Lipinski definition) is 1. The van der Waals surface area contributed by atoms with Gasteiger partial charge in [-0.25, -0.2) is 5.32 Å². The molecule has 26 heavy (non-hydrogen) atoms. The fourth-order valence-corrected chi connectivity index (χ4v) is 2.71. The quantitative estimate of drug-likeness (QED) is 0.483. The van der Waals surface area contributed by atoms with Gasteiger partial charge in [-0.15, -0.1) is 0 Å². The van der Waals surface area contributed by atoms with Crippen molar-refractivity contribution in [2.45, 2.75) is 31.4 Å². The van der Waals surface area contributed by atoms with E-state index in [2.05, 4.69) is 11.8 Å². The number of hydrogen-bond acceptors (Lipinski definition) is 2. The van der Waals surface area contributed by atoms with Crippen molar-refractivity contribution in [3.63, 3.8) is 0 Å². The van der Waals surface area contributed by atoms with Gasteiger partial charge in [-0.1, -0.05) is 24.0 Å². The van der Waals surface area contributed by atoms with Gasteiger partial charge in [0.05, 0.1) is 6.61 Å². The molecular formula is C20H17F4NO. The molecule has 2 nitrogen and oxygen atoms in total. The van der Waals surface area contributed by atoms with Gasteiger partial charge in [-0.3, -0.25) is 0 Å². The average molecular weight is 363 g/mol. The monoisotopic (exact) mass is 363 g/mol. The first-order chi connectivity index (χ1) is 12.3. The molecule has 0 saturated carbocycles. The summed E-state index contributed by atoms with van der Waals surface area (Å²) in [5, 5.41) is 1.70. The van der Waals surface area contributed by atoms with Crippen LogP contribution in [0.2, 0.25) is 0 Å². The predicted octanol–water partition coefficient (Wildman–Crippen LogP) is 4.75. The van der Waals surface area contributed by atoms with Gasteiger partial charge in [-0.05, 0) is 48.9 Å². The second kappa shape index (κ2) is 7.00. The maximum atomic E-state index is 13.3. The molecule has 0 amide bonds. The predicted molar refractivity (Wildman–Crippen MR) is 90.4 cm³/mol. The Bertz CT molecular complexity index is 804. The van der Waals surface area contributed by atoms with Crippen LogP contribution in [0.3, 0.4) is 0 Å². The van der Waals surface area contributed by atoms with Crippen LogP contribution in [0.1, 0.15) is 36.1 Å². The molecule has 2 aromatic rings. The lowest BCUT2D eigenvalue weighted by atomic mass is 10.0. The van der Waals surface area contributed by atoms with Crippen LogP contribution in [0.25, 0.3) is 0 Å². The van der Waals surface area contributed by atoms with E-state index in [1.807, 2.05) is 31.2 Å². The molecule has 1 saturated heterocycles. The Kier molecular flexibility index (Phi) is 4.92. The third kappa shape index (κ3) is 3.83. The van der Waals surface area contributed by atoms with Crippen molar-refractivity contribution in [2.75, 3.05) is 6.61 Å². The first-order valence-electron chi connectivity index (χ1n) is 8.19. The van der Waals surface area contributed by atoms with Gasteiger partial charge >= 0.3 is 12.0 Å². The molecule has 0 spiro atoms. The molecule has 1 heterocycles. The SMILES string of the molecule is CCOc1ccc(C#Cc2ccc(C3CC(F)(F)C(F)(F)N3)cc2)cc1. The summed E-state index contributed by atoms with van der Waals surface area (Å²) in [6.07, 6.45) is -0.933. The van der Waals surface area contributed by atoms with Gasteiger partial charge in [0.25, 0.3) is 0 Å². The van der Waals surface area contributed by atoms with E-state index >= 15 is 0 Å². The van der Waals surface area contributed by atoms with Crippen molar-refractivity contribution in [2.24, 2.45) is 0 Å². The van der Waals surface area contributed by atoms with E-state index in [0.717, 1.165) is 11.3 Å². The van der Waals surface area contributed by atoms with Crippen LogP contribution >= 0.6 is 0 Å². The summed E-state index contributed by atoms with van der Waals surface area (Å²) in [6, 6.07) is 8.37. The van der Waals surface area contributed by atoms with Crippen LogP contribution in [-0.2, 0) is 0 Å². The zero-order valence-electron chi connectivity index (χ0n) is 14.0. The summed E-state index contributed by atoms with van der Waals surface area (Å²) in [5.74, 6) is 2.65. The Balaban J connectivity index is 1.69. The smallest absolute Gasteiger partial charge is 0.365 e. The molecule has 0 aliphatic carbocycles. The van der Waals surface area contributed by atoms with Crippen LogP contribution in [0.15, 0.2) is 48.5 Å². The molecule has 1 fully saturated rings. The highest BCUT2D eigenvalue weighted by Gasteiger charge is 2.63. The molecule has 1 aliphatic rings. The normalized spacial score (nSPS) is 20.3. The number of halogens is 4. The molecule has 0 aromatic heterocycles. The maximum Gasteiger partial charge on any atom is 0.365 e. The van der Waals surface area contributed by atoms with Crippen LogP contribution in [0.4, 0.5) is 17.6 Å². The average Bonchev–Trinajstić information content (AvgIpc) is 2.83. The van der Waals surface area contributed by atoms with Crippen LogP contribution in [0, 0.1) is 11.8 Å². The van der Waals surface area contributed by atoms with E-state index in [1.165, 1.54) is 12.1 Å². The lowest BCUT2D eigenvalue weighted by Crippen LogP contribution is -2.43. The summed E-state index contributed by atoms with van der Waals surface area (Å²) < 4.78 is 58.4. The first-order valence-corrected chi connectivity index (χ1v) is 8.19. The molecule has 1 atom stereocenters. The van der Waals surface area contributed by atoms with E-state index in [0.29, 0.717) is 17.7 Å². The number of rotatable bonds is 3.